The van der Waals surface area contributed by atoms with Crippen molar-refractivity contribution < 1.29 is 15.0 Å². The van der Waals surface area contributed by atoms with Crippen LogP contribution in [0, 0.1) is 0 Å². The Morgan fingerprint density at radius 2 is 1.79 bits per heavy atom. The zero-order valence-corrected chi connectivity index (χ0v) is 12.2. The summed E-state index contributed by atoms with van der Waals surface area (Å²) in [5, 5.41) is 18.8. The minimum Gasteiger partial charge on any atom is -0.508 e. The van der Waals surface area contributed by atoms with E-state index in [4.69, 9.17) is 0 Å². The minimum absolute atomic E-state index is 0.0605. The van der Waals surface area contributed by atoms with Crippen LogP contribution < -0.4 is 0 Å². The number of phenolic OH excluding ortho intramolecular Hbond substituents is 2. The molecule has 2 rings (SSSR count). The Bertz CT molecular complexity index is 596. The van der Waals surface area contributed by atoms with Crippen LogP contribution in [0.4, 0.5) is 0 Å². The van der Waals surface area contributed by atoms with Crippen molar-refractivity contribution in [1.29, 1.82) is 0 Å². The molecule has 0 aliphatic heterocycles. The van der Waals surface area contributed by atoms with Gasteiger partial charge in [-0.05, 0) is 36.4 Å². The number of carbonyl (C=O) groups is 1. The standard InChI is InChI=1S/C14H11BrO3S/c15-9-1-4-11(5-2-9)19-8-14(18)12-6-3-10(16)7-13(12)17/h1-7,16-17H,8H2. The molecule has 0 saturated heterocycles. The molecular formula is C14H11BrO3S. The van der Waals surface area contributed by atoms with Crippen LogP contribution in [0.3, 0.4) is 0 Å². The first-order valence-electron chi connectivity index (χ1n) is 5.50. The molecule has 0 fully saturated rings. The van der Waals surface area contributed by atoms with E-state index < -0.39 is 0 Å². The lowest BCUT2D eigenvalue weighted by Crippen LogP contribution is -2.02. The third kappa shape index (κ3) is 3.75. The van der Waals surface area contributed by atoms with Gasteiger partial charge in [-0.1, -0.05) is 15.9 Å². The van der Waals surface area contributed by atoms with Crippen molar-refractivity contribution in [1.82, 2.24) is 0 Å². The molecule has 2 aromatic carbocycles. The summed E-state index contributed by atoms with van der Waals surface area (Å²) >= 11 is 4.75. The quantitative estimate of drug-likeness (QED) is 0.656. The fourth-order valence-corrected chi connectivity index (χ4v) is 2.56. The maximum absolute atomic E-state index is 11.9. The number of thioether (sulfide) groups is 1. The summed E-state index contributed by atoms with van der Waals surface area (Å²) in [6.07, 6.45) is 0. The number of halogens is 1. The van der Waals surface area contributed by atoms with Crippen LogP contribution in [0.2, 0.25) is 0 Å². The predicted octanol–water partition coefficient (Wildman–Crippen LogP) is 3.84. The highest BCUT2D eigenvalue weighted by atomic mass is 79.9. The van der Waals surface area contributed by atoms with Crippen LogP contribution in [-0.2, 0) is 0 Å². The van der Waals surface area contributed by atoms with Gasteiger partial charge in [-0.15, -0.1) is 11.8 Å². The summed E-state index contributed by atoms with van der Waals surface area (Å²) in [5.74, 6) is -0.193. The second-order valence-electron chi connectivity index (χ2n) is 3.87. The second kappa shape index (κ2) is 6.12. The van der Waals surface area contributed by atoms with Gasteiger partial charge < -0.3 is 10.2 Å². The van der Waals surface area contributed by atoms with E-state index in [0.29, 0.717) is 0 Å². The molecule has 0 spiro atoms. The molecule has 0 saturated carbocycles. The van der Waals surface area contributed by atoms with Gasteiger partial charge in [-0.2, -0.15) is 0 Å². The maximum atomic E-state index is 11.9. The molecule has 19 heavy (non-hydrogen) atoms. The fourth-order valence-electron chi connectivity index (χ4n) is 1.51. The molecule has 0 amide bonds. The maximum Gasteiger partial charge on any atom is 0.176 e. The lowest BCUT2D eigenvalue weighted by molar-refractivity contribution is 0.102. The van der Waals surface area contributed by atoms with Gasteiger partial charge in [0.05, 0.1) is 11.3 Å². The number of hydrogen-bond acceptors (Lipinski definition) is 4. The lowest BCUT2D eigenvalue weighted by Gasteiger charge is -2.04. The van der Waals surface area contributed by atoms with Crippen LogP contribution in [-0.4, -0.2) is 21.7 Å². The molecular weight excluding hydrogens is 328 g/mol. The van der Waals surface area contributed by atoms with Gasteiger partial charge in [0.25, 0.3) is 0 Å². The van der Waals surface area contributed by atoms with Crippen LogP contribution in [0.15, 0.2) is 51.8 Å². The molecule has 98 valence electrons. The molecule has 5 heteroatoms. The van der Waals surface area contributed by atoms with Gasteiger partial charge in [0.2, 0.25) is 0 Å². The van der Waals surface area contributed by atoms with Crippen molar-refractivity contribution in [3.63, 3.8) is 0 Å². The van der Waals surface area contributed by atoms with Gasteiger partial charge in [0.1, 0.15) is 11.5 Å². The number of carbonyl (C=O) groups excluding carboxylic acids is 1. The number of Topliss-reactive ketones (excluding diaryl/α,β-unsaturated/α-hetero) is 1. The fraction of sp³-hybridized carbons (Fsp3) is 0.0714. The molecule has 0 atom stereocenters. The third-order valence-electron chi connectivity index (χ3n) is 2.47. The van der Waals surface area contributed by atoms with E-state index in [2.05, 4.69) is 15.9 Å². The van der Waals surface area contributed by atoms with Crippen molar-refractivity contribution in [3.8, 4) is 11.5 Å². The Morgan fingerprint density at radius 1 is 1.11 bits per heavy atom. The third-order valence-corrected chi connectivity index (χ3v) is 4.01. The molecule has 3 nitrogen and oxygen atoms in total. The topological polar surface area (TPSA) is 57.5 Å². The van der Waals surface area contributed by atoms with Crippen molar-refractivity contribution in [2.24, 2.45) is 0 Å². The Balaban J connectivity index is 2.03. The molecule has 0 heterocycles. The molecule has 0 aromatic heterocycles. The van der Waals surface area contributed by atoms with Crippen molar-refractivity contribution in [3.05, 3.63) is 52.5 Å². The number of hydrogen-bond donors (Lipinski definition) is 2. The molecule has 0 unspecified atom stereocenters. The number of rotatable bonds is 4. The average molecular weight is 339 g/mol. The number of aromatic hydroxyl groups is 2. The summed E-state index contributed by atoms with van der Waals surface area (Å²) in [5.41, 5.74) is 0.224. The van der Waals surface area contributed by atoms with Crippen molar-refractivity contribution in [2.75, 3.05) is 5.75 Å². The van der Waals surface area contributed by atoms with E-state index in [1.54, 1.807) is 0 Å². The Labute approximate surface area is 123 Å². The molecule has 2 N–H and O–H groups in total. The van der Waals surface area contributed by atoms with E-state index in [0.717, 1.165) is 15.4 Å². The van der Waals surface area contributed by atoms with Gasteiger partial charge >= 0.3 is 0 Å². The summed E-state index contributed by atoms with van der Waals surface area (Å²) in [7, 11) is 0. The Hall–Kier alpha value is -1.46. The number of ketones is 1. The first-order chi connectivity index (χ1) is 9.06. The van der Waals surface area contributed by atoms with E-state index in [-0.39, 0.29) is 28.6 Å². The highest BCUT2D eigenvalue weighted by molar-refractivity contribution is 9.10. The monoisotopic (exact) mass is 338 g/mol. The Kier molecular flexibility index (Phi) is 4.50. The first-order valence-corrected chi connectivity index (χ1v) is 7.27. The number of benzene rings is 2. The van der Waals surface area contributed by atoms with E-state index in [9.17, 15) is 15.0 Å². The largest absolute Gasteiger partial charge is 0.508 e. The summed E-state index contributed by atoms with van der Waals surface area (Å²) in [6, 6.07) is 11.6. The number of phenols is 2. The molecule has 0 aliphatic rings. The minimum atomic E-state index is -0.193. The zero-order valence-electron chi connectivity index (χ0n) is 9.84. The van der Waals surface area contributed by atoms with Crippen molar-refractivity contribution >= 4 is 33.5 Å². The Morgan fingerprint density at radius 3 is 2.42 bits per heavy atom. The molecule has 0 aliphatic carbocycles. The molecule has 2 aromatic rings. The SMILES string of the molecule is O=C(CSc1ccc(Br)cc1)c1ccc(O)cc1O. The summed E-state index contributed by atoms with van der Waals surface area (Å²) in [4.78, 5) is 12.9. The van der Waals surface area contributed by atoms with Gasteiger partial charge in [-0.25, -0.2) is 0 Å². The molecule has 0 bridgehead atoms. The van der Waals surface area contributed by atoms with Crippen LogP contribution in [0.1, 0.15) is 10.4 Å². The summed E-state index contributed by atoms with van der Waals surface area (Å²) in [6.45, 7) is 0. The van der Waals surface area contributed by atoms with Crippen LogP contribution in [0.5, 0.6) is 11.5 Å². The normalized spacial score (nSPS) is 10.4. The first kappa shape index (κ1) is 14.0. The average Bonchev–Trinajstić information content (AvgIpc) is 2.37. The van der Waals surface area contributed by atoms with Crippen LogP contribution >= 0.6 is 27.7 Å². The smallest absolute Gasteiger partial charge is 0.176 e. The molecule has 0 radical (unpaired) electrons. The lowest BCUT2D eigenvalue weighted by atomic mass is 10.1. The highest BCUT2D eigenvalue weighted by Gasteiger charge is 2.12. The van der Waals surface area contributed by atoms with E-state index in [1.165, 1.54) is 23.9 Å². The van der Waals surface area contributed by atoms with E-state index in [1.807, 2.05) is 24.3 Å². The summed E-state index contributed by atoms with van der Waals surface area (Å²) < 4.78 is 0.986. The second-order valence-corrected chi connectivity index (χ2v) is 5.83. The van der Waals surface area contributed by atoms with Crippen LogP contribution in [0.25, 0.3) is 0 Å². The van der Waals surface area contributed by atoms with Gasteiger partial charge in [-0.3, -0.25) is 4.79 Å². The van der Waals surface area contributed by atoms with E-state index >= 15 is 0 Å². The predicted molar refractivity (Wildman–Crippen MR) is 79.0 cm³/mol. The highest BCUT2D eigenvalue weighted by Crippen LogP contribution is 2.26. The zero-order chi connectivity index (χ0) is 13.8. The van der Waals surface area contributed by atoms with Gasteiger partial charge in [0, 0.05) is 15.4 Å². The van der Waals surface area contributed by atoms with Gasteiger partial charge in [0.15, 0.2) is 5.78 Å². The van der Waals surface area contributed by atoms with Crippen molar-refractivity contribution in [2.45, 2.75) is 4.90 Å².